The molecule has 0 amide bonds. The van der Waals surface area contributed by atoms with Crippen LogP contribution in [0.4, 0.5) is 0 Å². The molecule has 0 aliphatic carbocycles. The molecule has 142 valence electrons. The maximum absolute atomic E-state index is 5.64. The topological polar surface area (TPSA) is 56.9 Å². The van der Waals surface area contributed by atoms with Gasteiger partial charge < -0.3 is 9.72 Å². The Morgan fingerprint density at radius 3 is 2.75 bits per heavy atom. The molecule has 4 aromatic rings. The number of hydrogen-bond acceptors (Lipinski definition) is 3. The Balaban J connectivity index is 1.59. The molecule has 2 aromatic heterocycles. The number of H-pyrrole nitrogens is 2. The number of rotatable bonds is 5. The summed E-state index contributed by atoms with van der Waals surface area (Å²) >= 11 is 0. The van der Waals surface area contributed by atoms with Crippen LogP contribution in [-0.4, -0.2) is 33.2 Å². The lowest BCUT2D eigenvalue weighted by atomic mass is 9.92. The van der Waals surface area contributed by atoms with Crippen molar-refractivity contribution in [3.63, 3.8) is 0 Å². The lowest BCUT2D eigenvalue weighted by Crippen LogP contribution is -2.35. The van der Waals surface area contributed by atoms with E-state index in [-0.39, 0.29) is 6.04 Å². The highest BCUT2D eigenvalue weighted by Gasteiger charge is 2.31. The standard InChI is InChI=1S/C23H24N4O/c1-2-28-18-9-7-16(8-10-18)23-22-20(19-5-3-4-6-21(19)25-22)12-14-27(23)15-17-11-13-24-26-17/h3-11,13,23,25H,2,12,14-15H2,1H3,(H,24,26). The third-order valence-corrected chi connectivity index (χ3v) is 5.57. The highest BCUT2D eigenvalue weighted by atomic mass is 16.5. The highest BCUT2D eigenvalue weighted by molar-refractivity contribution is 5.85. The molecule has 1 unspecified atom stereocenters. The van der Waals surface area contributed by atoms with Crippen molar-refractivity contribution in [3.05, 3.63) is 83.3 Å². The Morgan fingerprint density at radius 1 is 1.11 bits per heavy atom. The quantitative estimate of drug-likeness (QED) is 0.545. The SMILES string of the molecule is CCOc1ccc(C2c3[nH]c4ccccc4c3CCN2Cc2ccn[nH]2)cc1. The molecule has 1 atom stereocenters. The highest BCUT2D eigenvalue weighted by Crippen LogP contribution is 2.39. The van der Waals surface area contributed by atoms with Crippen molar-refractivity contribution in [2.75, 3.05) is 13.2 Å². The summed E-state index contributed by atoms with van der Waals surface area (Å²) in [7, 11) is 0. The van der Waals surface area contributed by atoms with E-state index in [0.717, 1.165) is 31.0 Å². The lowest BCUT2D eigenvalue weighted by molar-refractivity contribution is 0.199. The van der Waals surface area contributed by atoms with E-state index in [9.17, 15) is 0 Å². The van der Waals surface area contributed by atoms with Crippen LogP contribution < -0.4 is 4.74 Å². The predicted octanol–water partition coefficient (Wildman–Crippen LogP) is 4.44. The predicted molar refractivity (Wildman–Crippen MR) is 110 cm³/mol. The van der Waals surface area contributed by atoms with E-state index in [4.69, 9.17) is 4.74 Å². The van der Waals surface area contributed by atoms with Gasteiger partial charge in [0.15, 0.2) is 0 Å². The van der Waals surface area contributed by atoms with Gasteiger partial charge >= 0.3 is 0 Å². The van der Waals surface area contributed by atoms with Gasteiger partial charge in [-0.1, -0.05) is 30.3 Å². The first-order valence-electron chi connectivity index (χ1n) is 9.88. The van der Waals surface area contributed by atoms with Crippen molar-refractivity contribution >= 4 is 10.9 Å². The van der Waals surface area contributed by atoms with Crippen LogP contribution in [0, 0.1) is 0 Å². The summed E-state index contributed by atoms with van der Waals surface area (Å²) in [5.74, 6) is 0.916. The Kier molecular flexibility index (Phi) is 4.37. The van der Waals surface area contributed by atoms with Gasteiger partial charge in [-0.25, -0.2) is 0 Å². The first-order chi connectivity index (χ1) is 13.8. The van der Waals surface area contributed by atoms with Crippen LogP contribution in [0.3, 0.4) is 0 Å². The second-order valence-electron chi connectivity index (χ2n) is 7.27. The monoisotopic (exact) mass is 372 g/mol. The number of fused-ring (bicyclic) bond motifs is 3. The third-order valence-electron chi connectivity index (χ3n) is 5.57. The van der Waals surface area contributed by atoms with Crippen molar-refractivity contribution in [3.8, 4) is 5.75 Å². The molecule has 5 rings (SSSR count). The Morgan fingerprint density at radius 2 is 1.96 bits per heavy atom. The van der Waals surface area contributed by atoms with Crippen molar-refractivity contribution < 1.29 is 4.74 Å². The molecule has 1 aliphatic heterocycles. The maximum atomic E-state index is 5.64. The summed E-state index contributed by atoms with van der Waals surface area (Å²) in [4.78, 5) is 6.23. The number of hydrogen-bond donors (Lipinski definition) is 2. The minimum absolute atomic E-state index is 0.176. The van der Waals surface area contributed by atoms with Gasteiger partial charge in [0.1, 0.15) is 5.75 Å². The van der Waals surface area contributed by atoms with Gasteiger partial charge in [-0.05, 0) is 48.7 Å². The third kappa shape index (κ3) is 2.98. The summed E-state index contributed by atoms with van der Waals surface area (Å²) in [5.41, 5.74) is 6.37. The summed E-state index contributed by atoms with van der Waals surface area (Å²) in [5, 5.41) is 8.57. The molecule has 2 aromatic carbocycles. The number of nitrogens with zero attached hydrogens (tertiary/aromatic N) is 2. The van der Waals surface area contributed by atoms with E-state index >= 15 is 0 Å². The van der Waals surface area contributed by atoms with Gasteiger partial charge in [-0.3, -0.25) is 10.00 Å². The first-order valence-corrected chi connectivity index (χ1v) is 9.88. The van der Waals surface area contributed by atoms with Gasteiger partial charge in [-0.15, -0.1) is 0 Å². The van der Waals surface area contributed by atoms with Gasteiger partial charge in [0.05, 0.1) is 12.6 Å². The van der Waals surface area contributed by atoms with Crippen molar-refractivity contribution in [2.45, 2.75) is 25.9 Å². The zero-order valence-electron chi connectivity index (χ0n) is 16.0. The van der Waals surface area contributed by atoms with Crippen LogP contribution in [0.2, 0.25) is 0 Å². The van der Waals surface area contributed by atoms with E-state index < -0.39 is 0 Å². The molecular formula is C23H24N4O. The fourth-order valence-corrected chi connectivity index (χ4v) is 4.34. The summed E-state index contributed by atoms with van der Waals surface area (Å²) in [6.07, 6.45) is 2.86. The number of aromatic amines is 2. The number of nitrogens with one attached hydrogen (secondary N) is 2. The molecular weight excluding hydrogens is 348 g/mol. The fraction of sp³-hybridized carbons (Fsp3) is 0.261. The van der Waals surface area contributed by atoms with Crippen LogP contribution in [0.1, 0.15) is 35.5 Å². The minimum atomic E-state index is 0.176. The van der Waals surface area contributed by atoms with Crippen LogP contribution in [0.5, 0.6) is 5.75 Å². The first kappa shape index (κ1) is 17.1. The number of para-hydroxylation sites is 1. The molecule has 28 heavy (non-hydrogen) atoms. The molecule has 1 aliphatic rings. The van der Waals surface area contributed by atoms with Gasteiger partial charge in [0.2, 0.25) is 0 Å². The second-order valence-corrected chi connectivity index (χ2v) is 7.27. The van der Waals surface area contributed by atoms with Crippen LogP contribution >= 0.6 is 0 Å². The second kappa shape index (κ2) is 7.17. The van der Waals surface area contributed by atoms with Gasteiger partial charge in [0, 0.05) is 41.6 Å². The fourth-order valence-electron chi connectivity index (χ4n) is 4.34. The van der Waals surface area contributed by atoms with Crippen LogP contribution in [0.15, 0.2) is 60.8 Å². The van der Waals surface area contributed by atoms with Crippen molar-refractivity contribution in [1.82, 2.24) is 20.1 Å². The molecule has 0 bridgehead atoms. The molecule has 0 saturated heterocycles. The molecule has 0 fully saturated rings. The zero-order valence-corrected chi connectivity index (χ0v) is 16.0. The molecule has 0 spiro atoms. The summed E-state index contributed by atoms with van der Waals surface area (Å²) < 4.78 is 5.64. The Bertz CT molecular complexity index is 1070. The van der Waals surface area contributed by atoms with E-state index in [1.807, 2.05) is 13.1 Å². The average Bonchev–Trinajstić information content (AvgIpc) is 3.36. The minimum Gasteiger partial charge on any atom is -0.494 e. The molecule has 3 heterocycles. The number of aromatic nitrogens is 3. The Hall–Kier alpha value is -3.05. The van der Waals surface area contributed by atoms with Gasteiger partial charge in [0.25, 0.3) is 0 Å². The molecule has 5 nitrogen and oxygen atoms in total. The lowest BCUT2D eigenvalue weighted by Gasteiger charge is -2.36. The Labute approximate surface area is 164 Å². The molecule has 2 N–H and O–H groups in total. The smallest absolute Gasteiger partial charge is 0.119 e. The van der Waals surface area contributed by atoms with Crippen molar-refractivity contribution in [2.24, 2.45) is 0 Å². The van der Waals surface area contributed by atoms with Crippen LogP contribution in [-0.2, 0) is 13.0 Å². The van der Waals surface area contributed by atoms with Gasteiger partial charge in [-0.2, -0.15) is 5.10 Å². The zero-order chi connectivity index (χ0) is 18.9. The summed E-state index contributed by atoms with van der Waals surface area (Å²) in [6, 6.07) is 19.4. The van der Waals surface area contributed by atoms with E-state index in [2.05, 4.69) is 74.7 Å². The van der Waals surface area contributed by atoms with E-state index in [1.165, 1.54) is 27.7 Å². The largest absolute Gasteiger partial charge is 0.494 e. The molecule has 5 heteroatoms. The number of ether oxygens (including phenoxy) is 1. The van der Waals surface area contributed by atoms with E-state index in [0.29, 0.717) is 6.61 Å². The van der Waals surface area contributed by atoms with E-state index in [1.54, 1.807) is 0 Å². The normalized spacial score (nSPS) is 17.0. The van der Waals surface area contributed by atoms with Crippen LogP contribution in [0.25, 0.3) is 10.9 Å². The average molecular weight is 372 g/mol. The molecule has 0 saturated carbocycles. The summed E-state index contributed by atoms with van der Waals surface area (Å²) in [6.45, 7) is 4.54. The number of benzene rings is 2. The maximum Gasteiger partial charge on any atom is 0.119 e. The van der Waals surface area contributed by atoms with Crippen molar-refractivity contribution in [1.29, 1.82) is 0 Å². The molecule has 0 radical (unpaired) electrons.